The van der Waals surface area contributed by atoms with Gasteiger partial charge in [-0.15, -0.1) is 0 Å². The molecule has 1 heterocycles. The van der Waals surface area contributed by atoms with Gasteiger partial charge >= 0.3 is 0 Å². The maximum atomic E-state index is 3.89. The lowest BCUT2D eigenvalue weighted by molar-refractivity contribution is 0.0766. The smallest absolute Gasteiger partial charge is 0.0309 e. The van der Waals surface area contributed by atoms with Gasteiger partial charge in [-0.1, -0.05) is 52.4 Å². The van der Waals surface area contributed by atoms with Crippen molar-refractivity contribution in [3.63, 3.8) is 0 Å². The van der Waals surface area contributed by atoms with Crippen LogP contribution in [0.2, 0.25) is 0 Å². The van der Waals surface area contributed by atoms with Crippen LogP contribution < -0.4 is 5.32 Å². The zero-order valence-electron chi connectivity index (χ0n) is 13.2. The fourth-order valence-corrected chi connectivity index (χ4v) is 4.01. The molecule has 0 amide bonds. The molecule has 112 valence electrons. The average molecular weight is 266 g/mol. The topological polar surface area (TPSA) is 15.3 Å². The Bertz CT molecular complexity index is 246. The van der Waals surface area contributed by atoms with E-state index in [4.69, 9.17) is 0 Å². The normalized spacial score (nSPS) is 27.2. The monoisotopic (exact) mass is 266 g/mol. The molecule has 0 radical (unpaired) electrons. The molecule has 1 spiro atoms. The lowest BCUT2D eigenvalue weighted by Crippen LogP contribution is -2.63. The first-order valence-corrected chi connectivity index (χ1v) is 8.79. The van der Waals surface area contributed by atoms with Crippen LogP contribution in [0.15, 0.2) is 0 Å². The summed E-state index contributed by atoms with van der Waals surface area (Å²) in [5.74, 6) is 0. The Kier molecular flexibility index (Phi) is 6.15. The van der Waals surface area contributed by atoms with E-state index in [1.165, 1.54) is 83.8 Å². The summed E-state index contributed by atoms with van der Waals surface area (Å²) in [6, 6.07) is 0.789. The summed E-state index contributed by atoms with van der Waals surface area (Å²) in [4.78, 5) is 2.81. The zero-order chi connectivity index (χ0) is 13.6. The van der Waals surface area contributed by atoms with Gasteiger partial charge in [0.05, 0.1) is 0 Å². The van der Waals surface area contributed by atoms with Gasteiger partial charge in [0.2, 0.25) is 0 Å². The van der Waals surface area contributed by atoms with Gasteiger partial charge in [0.1, 0.15) is 0 Å². The highest BCUT2D eigenvalue weighted by Crippen LogP contribution is 2.33. The third kappa shape index (κ3) is 4.19. The molecule has 2 rings (SSSR count). The summed E-state index contributed by atoms with van der Waals surface area (Å²) in [6.45, 7) is 8.53. The Labute approximate surface area is 120 Å². The molecule has 1 N–H and O–H groups in total. The molecule has 2 fully saturated rings. The first-order valence-electron chi connectivity index (χ1n) is 8.79. The van der Waals surface area contributed by atoms with Crippen molar-refractivity contribution in [1.29, 1.82) is 0 Å². The number of nitrogens with zero attached hydrogens (tertiary/aromatic N) is 1. The van der Waals surface area contributed by atoms with E-state index < -0.39 is 0 Å². The summed E-state index contributed by atoms with van der Waals surface area (Å²) < 4.78 is 0. The molecule has 1 atom stereocenters. The van der Waals surface area contributed by atoms with Crippen LogP contribution in [0.1, 0.15) is 78.1 Å². The summed E-state index contributed by atoms with van der Waals surface area (Å²) in [5, 5.41) is 3.89. The third-order valence-electron chi connectivity index (χ3n) is 5.32. The standard InChI is InChI=1S/C17H34N2/c1-3-5-6-7-10-13-19-15-17(11-8-9-12-17)18-14-16(19)4-2/h16,18H,3-15H2,1-2H3. The maximum Gasteiger partial charge on any atom is 0.0309 e. The van der Waals surface area contributed by atoms with Crippen molar-refractivity contribution in [2.24, 2.45) is 0 Å². The largest absolute Gasteiger partial charge is 0.308 e. The van der Waals surface area contributed by atoms with Gasteiger partial charge in [0, 0.05) is 24.7 Å². The van der Waals surface area contributed by atoms with Crippen molar-refractivity contribution in [2.45, 2.75) is 89.6 Å². The Balaban J connectivity index is 1.77. The van der Waals surface area contributed by atoms with Gasteiger partial charge in [-0.2, -0.15) is 0 Å². The van der Waals surface area contributed by atoms with E-state index in [0.717, 1.165) is 6.04 Å². The molecule has 0 bridgehead atoms. The van der Waals surface area contributed by atoms with Crippen LogP contribution in [0.25, 0.3) is 0 Å². The van der Waals surface area contributed by atoms with Gasteiger partial charge in [0.25, 0.3) is 0 Å². The van der Waals surface area contributed by atoms with Crippen molar-refractivity contribution in [2.75, 3.05) is 19.6 Å². The maximum absolute atomic E-state index is 3.89. The number of nitrogens with one attached hydrogen (secondary N) is 1. The molecule has 2 heteroatoms. The minimum atomic E-state index is 0.495. The molecular weight excluding hydrogens is 232 g/mol. The van der Waals surface area contributed by atoms with Crippen LogP contribution in [-0.4, -0.2) is 36.1 Å². The summed E-state index contributed by atoms with van der Waals surface area (Å²) >= 11 is 0. The zero-order valence-corrected chi connectivity index (χ0v) is 13.2. The fourth-order valence-electron chi connectivity index (χ4n) is 4.01. The highest BCUT2D eigenvalue weighted by molar-refractivity contribution is 5.00. The van der Waals surface area contributed by atoms with Crippen molar-refractivity contribution in [1.82, 2.24) is 10.2 Å². The quantitative estimate of drug-likeness (QED) is 0.702. The number of hydrogen-bond donors (Lipinski definition) is 1. The van der Waals surface area contributed by atoms with E-state index in [9.17, 15) is 0 Å². The van der Waals surface area contributed by atoms with Crippen LogP contribution in [-0.2, 0) is 0 Å². The van der Waals surface area contributed by atoms with Crippen LogP contribution in [0.5, 0.6) is 0 Å². The van der Waals surface area contributed by atoms with Crippen LogP contribution in [0.3, 0.4) is 0 Å². The van der Waals surface area contributed by atoms with E-state index in [1.807, 2.05) is 0 Å². The first kappa shape index (κ1) is 15.3. The van der Waals surface area contributed by atoms with Gasteiger partial charge < -0.3 is 5.32 Å². The van der Waals surface area contributed by atoms with Crippen molar-refractivity contribution < 1.29 is 0 Å². The summed E-state index contributed by atoms with van der Waals surface area (Å²) in [7, 11) is 0. The predicted octanol–water partition coefficient (Wildman–Crippen LogP) is 3.95. The van der Waals surface area contributed by atoms with Gasteiger partial charge in [-0.3, -0.25) is 4.90 Å². The molecular formula is C17H34N2. The van der Waals surface area contributed by atoms with E-state index in [1.54, 1.807) is 0 Å². The van der Waals surface area contributed by atoms with Gasteiger partial charge in [-0.05, 0) is 32.2 Å². The first-order chi connectivity index (χ1) is 9.29. The third-order valence-corrected chi connectivity index (χ3v) is 5.32. The molecule has 0 aromatic rings. The van der Waals surface area contributed by atoms with E-state index in [-0.39, 0.29) is 0 Å². The number of rotatable bonds is 7. The Hall–Kier alpha value is -0.0800. The second-order valence-electron chi connectivity index (χ2n) is 6.82. The van der Waals surface area contributed by atoms with E-state index in [2.05, 4.69) is 24.1 Å². The molecule has 1 unspecified atom stereocenters. The number of hydrogen-bond acceptors (Lipinski definition) is 2. The molecule has 0 aromatic heterocycles. The van der Waals surface area contributed by atoms with E-state index >= 15 is 0 Å². The second-order valence-corrected chi connectivity index (χ2v) is 6.82. The SMILES string of the molecule is CCCCCCCN1CC2(CCCC2)NCC1CC. The highest BCUT2D eigenvalue weighted by atomic mass is 15.3. The molecule has 2 nitrogen and oxygen atoms in total. The van der Waals surface area contributed by atoms with Gasteiger partial charge in [-0.25, -0.2) is 0 Å². The predicted molar refractivity (Wildman–Crippen MR) is 83.6 cm³/mol. The Morgan fingerprint density at radius 1 is 1.05 bits per heavy atom. The van der Waals surface area contributed by atoms with Crippen molar-refractivity contribution in [3.8, 4) is 0 Å². The van der Waals surface area contributed by atoms with Gasteiger partial charge in [0.15, 0.2) is 0 Å². The van der Waals surface area contributed by atoms with Crippen molar-refractivity contribution >= 4 is 0 Å². The number of unbranched alkanes of at least 4 members (excludes halogenated alkanes) is 4. The van der Waals surface area contributed by atoms with Crippen LogP contribution >= 0.6 is 0 Å². The lowest BCUT2D eigenvalue weighted by atomic mass is 9.91. The average Bonchev–Trinajstić information content (AvgIpc) is 2.87. The molecule has 0 aromatic carbocycles. The summed E-state index contributed by atoms with van der Waals surface area (Å²) in [6.07, 6.45) is 14.1. The molecule has 1 saturated carbocycles. The second kappa shape index (κ2) is 7.64. The Morgan fingerprint density at radius 2 is 1.79 bits per heavy atom. The van der Waals surface area contributed by atoms with Crippen LogP contribution in [0, 0.1) is 0 Å². The molecule has 2 aliphatic rings. The minimum absolute atomic E-state index is 0.495. The molecule has 19 heavy (non-hydrogen) atoms. The molecule has 1 aliphatic carbocycles. The minimum Gasteiger partial charge on any atom is -0.308 e. The molecule has 1 saturated heterocycles. The van der Waals surface area contributed by atoms with Crippen LogP contribution in [0.4, 0.5) is 0 Å². The Morgan fingerprint density at radius 3 is 2.47 bits per heavy atom. The number of piperazine rings is 1. The van der Waals surface area contributed by atoms with Crippen molar-refractivity contribution in [3.05, 3.63) is 0 Å². The highest BCUT2D eigenvalue weighted by Gasteiger charge is 2.40. The lowest BCUT2D eigenvalue weighted by Gasteiger charge is -2.46. The van der Waals surface area contributed by atoms with E-state index in [0.29, 0.717) is 5.54 Å². The summed E-state index contributed by atoms with van der Waals surface area (Å²) in [5.41, 5.74) is 0.495. The molecule has 1 aliphatic heterocycles. The fraction of sp³-hybridized carbons (Fsp3) is 1.00.